The third-order valence-electron chi connectivity index (χ3n) is 5.21. The van der Waals surface area contributed by atoms with Crippen LogP contribution < -0.4 is 0 Å². The van der Waals surface area contributed by atoms with Gasteiger partial charge >= 0.3 is 11.9 Å². The number of allylic oxidation sites excluding steroid dienone is 1. The summed E-state index contributed by atoms with van der Waals surface area (Å²) in [6, 6.07) is 5.32. The lowest BCUT2D eigenvalue weighted by molar-refractivity contribution is -0.385. The molecular formula is C19H22N2O7. The maximum atomic E-state index is 12.3. The highest BCUT2D eigenvalue weighted by Crippen LogP contribution is 2.49. The molecule has 9 heteroatoms. The second-order valence-electron chi connectivity index (χ2n) is 6.36. The van der Waals surface area contributed by atoms with Gasteiger partial charge in [-0.3, -0.25) is 10.1 Å². The Labute approximate surface area is 161 Å². The number of nitro groups is 1. The van der Waals surface area contributed by atoms with Crippen molar-refractivity contribution in [3.8, 4) is 0 Å². The molecule has 150 valence electrons. The minimum atomic E-state index is -1.66. The molecule has 1 heterocycles. The Kier molecular flexibility index (Phi) is 5.89. The summed E-state index contributed by atoms with van der Waals surface area (Å²) in [5, 5.41) is 41.2. The molecule has 0 saturated heterocycles. The molecule has 1 unspecified atom stereocenters. The van der Waals surface area contributed by atoms with Crippen LogP contribution in [-0.2, 0) is 15.0 Å². The van der Waals surface area contributed by atoms with Crippen LogP contribution in [0, 0.1) is 10.1 Å². The largest absolute Gasteiger partial charge is 0.478 e. The number of benzene rings is 1. The molecule has 3 N–H and O–H groups in total. The second-order valence-corrected chi connectivity index (χ2v) is 6.36. The molecule has 0 aromatic heterocycles. The van der Waals surface area contributed by atoms with Gasteiger partial charge in [-0.2, -0.15) is 0 Å². The Hall–Kier alpha value is -3.20. The molecule has 0 fully saturated rings. The second kappa shape index (κ2) is 7.81. The van der Waals surface area contributed by atoms with Crippen LogP contribution in [0.4, 0.5) is 5.69 Å². The summed E-state index contributed by atoms with van der Waals surface area (Å²) in [4.78, 5) is 36.6. The van der Waals surface area contributed by atoms with E-state index in [1.807, 2.05) is 0 Å². The summed E-state index contributed by atoms with van der Waals surface area (Å²) in [6.45, 7) is 4.52. The number of aliphatic hydroxyl groups is 1. The third kappa shape index (κ3) is 3.03. The molecule has 0 aliphatic carbocycles. The molecule has 9 nitrogen and oxygen atoms in total. The van der Waals surface area contributed by atoms with Crippen molar-refractivity contribution in [3.05, 3.63) is 62.5 Å². The number of rotatable bonds is 7. The highest BCUT2D eigenvalue weighted by Gasteiger charge is 2.51. The maximum absolute atomic E-state index is 12.3. The minimum Gasteiger partial charge on any atom is -0.478 e. The lowest BCUT2D eigenvalue weighted by Crippen LogP contribution is -2.46. The average molecular weight is 390 g/mol. The van der Waals surface area contributed by atoms with Crippen molar-refractivity contribution in [1.29, 1.82) is 0 Å². The third-order valence-corrected chi connectivity index (χ3v) is 5.21. The van der Waals surface area contributed by atoms with Crippen LogP contribution in [0.3, 0.4) is 0 Å². The highest BCUT2D eigenvalue weighted by molar-refractivity contribution is 6.00. The van der Waals surface area contributed by atoms with E-state index in [9.17, 15) is 35.0 Å². The van der Waals surface area contributed by atoms with Gasteiger partial charge in [0.05, 0.1) is 33.8 Å². The number of hydrogen-bond acceptors (Lipinski definition) is 6. The zero-order chi connectivity index (χ0) is 21.2. The first-order valence-electron chi connectivity index (χ1n) is 8.72. The topological polar surface area (TPSA) is 141 Å². The molecule has 1 aromatic rings. The van der Waals surface area contributed by atoms with Crippen molar-refractivity contribution >= 4 is 17.6 Å². The summed E-state index contributed by atoms with van der Waals surface area (Å²) in [6.07, 6.45) is 0.0236. The molecule has 28 heavy (non-hydrogen) atoms. The van der Waals surface area contributed by atoms with E-state index in [-0.39, 0.29) is 46.8 Å². The van der Waals surface area contributed by atoms with Gasteiger partial charge in [0.15, 0.2) is 0 Å². The average Bonchev–Trinajstić information content (AvgIpc) is 2.65. The molecule has 2 rings (SSSR count). The van der Waals surface area contributed by atoms with E-state index >= 15 is 0 Å². The van der Waals surface area contributed by atoms with E-state index in [0.29, 0.717) is 0 Å². The molecule has 1 aliphatic heterocycles. The monoisotopic (exact) mass is 390 g/mol. The summed E-state index contributed by atoms with van der Waals surface area (Å²) in [5.74, 6) is -2.71. The lowest BCUT2D eigenvalue weighted by Gasteiger charge is -2.44. The van der Waals surface area contributed by atoms with Crippen molar-refractivity contribution in [2.24, 2.45) is 0 Å². The molecular weight excluding hydrogens is 368 g/mol. The molecule has 1 atom stereocenters. The molecule has 0 radical (unpaired) electrons. The van der Waals surface area contributed by atoms with Gasteiger partial charge in [-0.15, -0.1) is 0 Å². The van der Waals surface area contributed by atoms with E-state index < -0.39 is 28.9 Å². The Morgan fingerprint density at radius 2 is 1.79 bits per heavy atom. The molecule has 0 saturated carbocycles. The first-order chi connectivity index (χ1) is 13.2. The number of nitrogens with zero attached hydrogens (tertiary/aromatic N) is 2. The molecule has 1 aromatic carbocycles. The normalized spacial score (nSPS) is 19.8. The van der Waals surface area contributed by atoms with Crippen LogP contribution in [0.1, 0.15) is 32.8 Å². The Balaban J connectivity index is 3.04. The predicted molar refractivity (Wildman–Crippen MR) is 99.5 cm³/mol. The molecule has 0 bridgehead atoms. The highest BCUT2D eigenvalue weighted by atomic mass is 16.6. The van der Waals surface area contributed by atoms with Gasteiger partial charge in [-0.1, -0.05) is 19.1 Å². The van der Waals surface area contributed by atoms with Crippen molar-refractivity contribution in [2.45, 2.75) is 32.6 Å². The molecule has 1 aliphatic rings. The van der Waals surface area contributed by atoms with Crippen LogP contribution in [0.15, 0.2) is 46.8 Å². The Bertz CT molecular complexity index is 903. The van der Waals surface area contributed by atoms with Gasteiger partial charge in [-0.25, -0.2) is 9.59 Å². The fourth-order valence-corrected chi connectivity index (χ4v) is 4.12. The lowest BCUT2D eigenvalue weighted by atomic mass is 9.63. The van der Waals surface area contributed by atoms with Gasteiger partial charge in [0.25, 0.3) is 5.69 Å². The number of likely N-dealkylation sites (N-methyl/N-ethyl adjacent to an activating group) is 1. The van der Waals surface area contributed by atoms with Gasteiger partial charge < -0.3 is 20.2 Å². The van der Waals surface area contributed by atoms with E-state index in [2.05, 4.69) is 0 Å². The van der Waals surface area contributed by atoms with Crippen molar-refractivity contribution in [3.63, 3.8) is 0 Å². The van der Waals surface area contributed by atoms with Crippen molar-refractivity contribution in [1.82, 2.24) is 4.90 Å². The fourth-order valence-electron chi connectivity index (χ4n) is 4.12. The number of carboxylic acid groups (broad SMARTS) is 2. The van der Waals surface area contributed by atoms with Crippen molar-refractivity contribution in [2.75, 3.05) is 13.2 Å². The number of carboxylic acids is 2. The maximum Gasteiger partial charge on any atom is 0.334 e. The standard InChI is InChI=1S/C19H22N2O7/c1-4-19(12-7-6-8-13(9-12)21(27)28)15(17(23)24)11(3)20(5-2)14(10-22)16(19)18(25)26/h6-9,22H,4-5,10H2,1-3H3,(H,23,24)(H,25,26). The number of nitro benzene ring substituents is 1. The molecule has 0 spiro atoms. The number of hydrogen-bond donors (Lipinski definition) is 3. The quantitative estimate of drug-likeness (QED) is 0.475. The predicted octanol–water partition coefficient (Wildman–Crippen LogP) is 2.27. The number of aliphatic carboxylic acids is 2. The summed E-state index contributed by atoms with van der Waals surface area (Å²) in [7, 11) is 0. The van der Waals surface area contributed by atoms with Crippen LogP contribution in [0.2, 0.25) is 0 Å². The van der Waals surface area contributed by atoms with E-state index in [4.69, 9.17) is 0 Å². The van der Waals surface area contributed by atoms with Crippen LogP contribution in [0.25, 0.3) is 0 Å². The summed E-state index contributed by atoms with van der Waals surface area (Å²) >= 11 is 0. The number of aliphatic hydroxyl groups excluding tert-OH is 1. The first kappa shape index (κ1) is 21.1. The van der Waals surface area contributed by atoms with E-state index in [1.165, 1.54) is 29.2 Å². The zero-order valence-corrected chi connectivity index (χ0v) is 15.8. The molecule has 0 amide bonds. The van der Waals surface area contributed by atoms with Gasteiger partial charge in [0.2, 0.25) is 0 Å². The summed E-state index contributed by atoms with van der Waals surface area (Å²) < 4.78 is 0. The van der Waals surface area contributed by atoms with Crippen LogP contribution >= 0.6 is 0 Å². The van der Waals surface area contributed by atoms with Crippen LogP contribution in [0.5, 0.6) is 0 Å². The number of carbonyl (C=O) groups is 2. The van der Waals surface area contributed by atoms with Crippen LogP contribution in [-0.4, -0.2) is 50.2 Å². The van der Waals surface area contributed by atoms with Crippen molar-refractivity contribution < 1.29 is 29.8 Å². The summed E-state index contributed by atoms with van der Waals surface area (Å²) in [5.41, 5.74) is -1.85. The van der Waals surface area contributed by atoms with Gasteiger partial charge in [-0.05, 0) is 25.8 Å². The first-order valence-corrected chi connectivity index (χ1v) is 8.72. The fraction of sp³-hybridized carbons (Fsp3) is 0.368. The SMILES string of the molecule is CCN1C(C)=C(C(=O)O)C(CC)(c2cccc([N+](=O)[O-])c2)C(C(=O)O)=C1CO. The van der Waals surface area contributed by atoms with Gasteiger partial charge in [0, 0.05) is 24.4 Å². The van der Waals surface area contributed by atoms with Gasteiger partial charge in [0.1, 0.15) is 0 Å². The Morgan fingerprint density at radius 1 is 1.18 bits per heavy atom. The Morgan fingerprint density at radius 3 is 2.21 bits per heavy atom. The van der Waals surface area contributed by atoms with E-state index in [1.54, 1.807) is 20.8 Å². The zero-order valence-electron chi connectivity index (χ0n) is 15.8. The number of non-ortho nitro benzene ring substituents is 1. The minimum absolute atomic E-state index is 0.0236. The smallest absolute Gasteiger partial charge is 0.334 e. The van der Waals surface area contributed by atoms with E-state index in [0.717, 1.165) is 0 Å².